The highest BCUT2D eigenvalue weighted by Crippen LogP contribution is 2.31. The first kappa shape index (κ1) is 31.8. The average molecular weight is 621 g/mol. The number of anilines is 4. The van der Waals surface area contributed by atoms with Crippen LogP contribution in [-0.4, -0.2) is 36.8 Å². The lowest BCUT2D eigenvalue weighted by molar-refractivity contribution is -0.125. The minimum atomic E-state index is -0.311. The van der Waals surface area contributed by atoms with Gasteiger partial charge >= 0.3 is 0 Å². The van der Waals surface area contributed by atoms with Gasteiger partial charge in [-0.2, -0.15) is 0 Å². The van der Waals surface area contributed by atoms with Gasteiger partial charge in [0.15, 0.2) is 13.2 Å². The number of amides is 4. The Hall–Kier alpha value is -5.64. The van der Waals surface area contributed by atoms with Crippen molar-refractivity contribution < 1.29 is 28.7 Å². The Morgan fingerprint density at radius 2 is 0.826 bits per heavy atom. The molecule has 0 atom stereocenters. The minimum absolute atomic E-state index is 0.116. The van der Waals surface area contributed by atoms with Gasteiger partial charge in [0, 0.05) is 34.6 Å². The number of carbonyl (C=O) groups is 4. The second-order valence-electron chi connectivity index (χ2n) is 11.0. The monoisotopic (exact) mass is 620 g/mol. The summed E-state index contributed by atoms with van der Waals surface area (Å²) in [5.74, 6) is -0.0960. The van der Waals surface area contributed by atoms with Crippen molar-refractivity contribution in [2.24, 2.45) is 11.8 Å². The average Bonchev–Trinajstić information content (AvgIpc) is 3.08. The van der Waals surface area contributed by atoms with Gasteiger partial charge in [0.1, 0.15) is 11.5 Å². The molecule has 0 heterocycles. The summed E-state index contributed by atoms with van der Waals surface area (Å²) in [6.07, 6.45) is 2.31. The molecular formula is C36H36N4O6. The summed E-state index contributed by atoms with van der Waals surface area (Å²) in [5.41, 5.74) is 2.24. The van der Waals surface area contributed by atoms with E-state index in [0.29, 0.717) is 59.9 Å². The summed E-state index contributed by atoms with van der Waals surface area (Å²) in [6.45, 7) is -0.270. The van der Waals surface area contributed by atoms with Gasteiger partial charge < -0.3 is 30.7 Å². The van der Waals surface area contributed by atoms with E-state index < -0.39 is 0 Å². The Labute approximate surface area is 267 Å². The number of hydrogen-bond donors (Lipinski definition) is 4. The van der Waals surface area contributed by atoms with Crippen molar-refractivity contribution in [1.82, 2.24) is 0 Å². The quantitative estimate of drug-likeness (QED) is 0.151. The third kappa shape index (κ3) is 9.68. The molecule has 0 aromatic heterocycles. The van der Waals surface area contributed by atoms with E-state index in [-0.39, 0.29) is 48.7 Å². The summed E-state index contributed by atoms with van der Waals surface area (Å²) in [4.78, 5) is 50.7. The molecule has 4 N–H and O–H groups in total. The molecule has 1 fully saturated rings. The molecule has 10 heteroatoms. The first-order valence-electron chi connectivity index (χ1n) is 15.2. The maximum absolute atomic E-state index is 13.0. The molecule has 0 radical (unpaired) electrons. The summed E-state index contributed by atoms with van der Waals surface area (Å²) < 4.78 is 11.0. The lowest BCUT2D eigenvalue weighted by Gasteiger charge is -2.27. The molecule has 5 rings (SSSR count). The number of hydrogen-bond acceptors (Lipinski definition) is 6. The molecule has 46 heavy (non-hydrogen) atoms. The van der Waals surface area contributed by atoms with Crippen molar-refractivity contribution >= 4 is 46.4 Å². The van der Waals surface area contributed by atoms with Crippen LogP contribution >= 0.6 is 0 Å². The van der Waals surface area contributed by atoms with Crippen molar-refractivity contribution in [2.75, 3.05) is 34.5 Å². The molecule has 10 nitrogen and oxygen atoms in total. The van der Waals surface area contributed by atoms with Crippen molar-refractivity contribution in [3.63, 3.8) is 0 Å². The van der Waals surface area contributed by atoms with Gasteiger partial charge in [-0.1, -0.05) is 48.5 Å². The van der Waals surface area contributed by atoms with E-state index in [1.807, 2.05) is 36.4 Å². The first-order valence-corrected chi connectivity index (χ1v) is 15.2. The molecule has 4 aromatic carbocycles. The van der Waals surface area contributed by atoms with Crippen LogP contribution in [0.5, 0.6) is 11.5 Å². The van der Waals surface area contributed by atoms with E-state index in [4.69, 9.17) is 9.47 Å². The number of rotatable bonds is 12. The van der Waals surface area contributed by atoms with Crippen LogP contribution in [0.2, 0.25) is 0 Å². The fourth-order valence-corrected chi connectivity index (χ4v) is 5.18. The van der Waals surface area contributed by atoms with Gasteiger partial charge in [-0.25, -0.2) is 0 Å². The zero-order chi connectivity index (χ0) is 32.1. The molecule has 1 saturated carbocycles. The second kappa shape index (κ2) is 15.9. The molecule has 1 aliphatic carbocycles. The maximum Gasteiger partial charge on any atom is 0.262 e. The molecular weight excluding hydrogens is 584 g/mol. The van der Waals surface area contributed by atoms with Crippen LogP contribution in [0.25, 0.3) is 0 Å². The van der Waals surface area contributed by atoms with E-state index in [1.54, 1.807) is 72.8 Å². The Kier molecular flexibility index (Phi) is 11.0. The summed E-state index contributed by atoms with van der Waals surface area (Å²) in [7, 11) is 0. The first-order chi connectivity index (χ1) is 22.4. The van der Waals surface area contributed by atoms with Crippen LogP contribution in [0.4, 0.5) is 22.7 Å². The smallest absolute Gasteiger partial charge is 0.262 e. The Morgan fingerprint density at radius 3 is 1.20 bits per heavy atom. The fourth-order valence-electron chi connectivity index (χ4n) is 5.18. The number of ether oxygens (including phenoxy) is 2. The van der Waals surface area contributed by atoms with Crippen LogP contribution in [0.1, 0.15) is 25.7 Å². The van der Waals surface area contributed by atoms with Gasteiger partial charge in [0.25, 0.3) is 11.8 Å². The minimum Gasteiger partial charge on any atom is -0.484 e. The predicted molar refractivity (Wildman–Crippen MR) is 177 cm³/mol. The van der Waals surface area contributed by atoms with E-state index in [0.717, 1.165) is 0 Å². The van der Waals surface area contributed by atoms with Crippen molar-refractivity contribution in [3.05, 3.63) is 109 Å². The molecule has 4 amide bonds. The van der Waals surface area contributed by atoms with Crippen molar-refractivity contribution in [3.8, 4) is 11.5 Å². The van der Waals surface area contributed by atoms with E-state index in [2.05, 4.69) is 21.3 Å². The Morgan fingerprint density at radius 1 is 0.478 bits per heavy atom. The van der Waals surface area contributed by atoms with Crippen LogP contribution in [0, 0.1) is 11.8 Å². The van der Waals surface area contributed by atoms with E-state index in [1.165, 1.54) is 0 Å². The molecule has 1 aliphatic rings. The molecule has 0 aliphatic heterocycles. The van der Waals surface area contributed by atoms with Crippen LogP contribution < -0.4 is 30.7 Å². The van der Waals surface area contributed by atoms with E-state index in [9.17, 15) is 19.2 Å². The van der Waals surface area contributed by atoms with Crippen molar-refractivity contribution in [2.45, 2.75) is 25.7 Å². The maximum atomic E-state index is 13.0. The number of nitrogens with one attached hydrogen (secondary N) is 4. The standard InChI is InChI=1S/C36H36N4O6/c41-33(23-45-31-13-3-1-4-14-31)37-27-9-7-11-29(21-27)39-35(43)25-17-19-26(20-18-25)36(44)40-30-12-8-10-28(22-30)38-34(42)24-46-32-15-5-2-6-16-32/h1-16,21-22,25-26H,17-20,23-24H2,(H,37,41)(H,38,42)(H,39,43)(H,40,44). The summed E-state index contributed by atoms with van der Waals surface area (Å²) >= 11 is 0. The lowest BCUT2D eigenvalue weighted by atomic mass is 9.81. The highest BCUT2D eigenvalue weighted by molar-refractivity contribution is 5.97. The highest BCUT2D eigenvalue weighted by atomic mass is 16.5. The van der Waals surface area contributed by atoms with Crippen LogP contribution in [0.15, 0.2) is 109 Å². The van der Waals surface area contributed by atoms with Gasteiger partial charge in [-0.05, 0) is 86.3 Å². The fraction of sp³-hybridized carbons (Fsp3) is 0.222. The van der Waals surface area contributed by atoms with Gasteiger partial charge in [0.05, 0.1) is 0 Å². The van der Waals surface area contributed by atoms with Crippen LogP contribution in [0.3, 0.4) is 0 Å². The molecule has 236 valence electrons. The van der Waals surface area contributed by atoms with Gasteiger partial charge in [0.2, 0.25) is 11.8 Å². The Bertz CT molecular complexity index is 1520. The number of para-hydroxylation sites is 2. The largest absolute Gasteiger partial charge is 0.484 e. The highest BCUT2D eigenvalue weighted by Gasteiger charge is 2.30. The molecule has 0 spiro atoms. The second-order valence-corrected chi connectivity index (χ2v) is 11.0. The van der Waals surface area contributed by atoms with Gasteiger partial charge in [-0.3, -0.25) is 19.2 Å². The SMILES string of the molecule is O=C(COc1ccccc1)Nc1cccc(NC(=O)C2CCC(C(=O)Nc3cccc(NC(=O)COc4ccccc4)c3)CC2)c1. The van der Waals surface area contributed by atoms with Crippen molar-refractivity contribution in [1.29, 1.82) is 0 Å². The molecule has 0 unspecified atom stereocenters. The summed E-state index contributed by atoms with van der Waals surface area (Å²) in [6, 6.07) is 32.1. The Balaban J connectivity index is 1.04. The van der Waals surface area contributed by atoms with E-state index >= 15 is 0 Å². The molecule has 0 saturated heterocycles. The normalized spacial score (nSPS) is 15.6. The van der Waals surface area contributed by atoms with Crippen LogP contribution in [-0.2, 0) is 19.2 Å². The number of benzene rings is 4. The topological polar surface area (TPSA) is 135 Å². The zero-order valence-electron chi connectivity index (χ0n) is 25.2. The third-order valence-electron chi connectivity index (χ3n) is 7.52. The number of carbonyl (C=O) groups excluding carboxylic acids is 4. The zero-order valence-corrected chi connectivity index (χ0v) is 25.2. The summed E-state index contributed by atoms with van der Waals surface area (Å²) in [5, 5.41) is 11.4. The predicted octanol–water partition coefficient (Wildman–Crippen LogP) is 6.11. The molecule has 0 bridgehead atoms. The lowest BCUT2D eigenvalue weighted by Crippen LogP contribution is -2.32. The third-order valence-corrected chi connectivity index (χ3v) is 7.52. The van der Waals surface area contributed by atoms with Gasteiger partial charge in [-0.15, -0.1) is 0 Å². The molecule has 4 aromatic rings.